The first kappa shape index (κ1) is 17.0. The molecule has 2 aromatic rings. The zero-order chi connectivity index (χ0) is 16.7. The number of carbonyl (C=O) groups is 1. The Bertz CT molecular complexity index is 699. The molecule has 0 aliphatic carbocycles. The van der Waals surface area contributed by atoms with E-state index >= 15 is 0 Å². The molecule has 0 aliphatic rings. The van der Waals surface area contributed by atoms with Crippen LogP contribution in [0, 0.1) is 0 Å². The van der Waals surface area contributed by atoms with Crippen molar-refractivity contribution in [1.82, 2.24) is 5.43 Å². The lowest BCUT2D eigenvalue weighted by Crippen LogP contribution is -2.19. The minimum atomic E-state index is -0.194. The Balaban J connectivity index is 1.94. The second-order valence-electron chi connectivity index (χ2n) is 4.70. The lowest BCUT2D eigenvalue weighted by Gasteiger charge is -2.05. The van der Waals surface area contributed by atoms with Crippen LogP contribution in [0.3, 0.4) is 0 Å². The van der Waals surface area contributed by atoms with Crippen molar-refractivity contribution < 1.29 is 14.3 Å². The van der Waals surface area contributed by atoms with Gasteiger partial charge in [-0.2, -0.15) is 5.10 Å². The van der Waals surface area contributed by atoms with Crippen LogP contribution in [-0.4, -0.2) is 26.3 Å². The number of methoxy groups -OCH3 is 2. The number of hydrazone groups is 1. The number of halogens is 1. The van der Waals surface area contributed by atoms with E-state index in [1.807, 2.05) is 42.5 Å². The van der Waals surface area contributed by atoms with Crippen molar-refractivity contribution in [1.29, 1.82) is 0 Å². The van der Waals surface area contributed by atoms with Gasteiger partial charge in [0.15, 0.2) is 0 Å². The largest absolute Gasteiger partial charge is 0.497 e. The molecule has 120 valence electrons. The lowest BCUT2D eigenvalue weighted by molar-refractivity contribution is -0.120. The van der Waals surface area contributed by atoms with Gasteiger partial charge in [-0.15, -0.1) is 0 Å². The van der Waals surface area contributed by atoms with Gasteiger partial charge in [0.1, 0.15) is 11.5 Å². The summed E-state index contributed by atoms with van der Waals surface area (Å²) in [5, 5.41) is 3.97. The summed E-state index contributed by atoms with van der Waals surface area (Å²) in [5.74, 6) is 1.25. The topological polar surface area (TPSA) is 59.9 Å². The fourth-order valence-electron chi connectivity index (χ4n) is 1.95. The molecular formula is C17H17BrN2O3. The predicted molar refractivity (Wildman–Crippen MR) is 93.1 cm³/mol. The third-order valence-electron chi connectivity index (χ3n) is 3.11. The molecule has 0 atom stereocenters. The first-order chi connectivity index (χ1) is 11.1. The molecule has 1 N–H and O–H groups in total. The quantitative estimate of drug-likeness (QED) is 0.622. The van der Waals surface area contributed by atoms with Gasteiger partial charge in [0.2, 0.25) is 5.91 Å². The van der Waals surface area contributed by atoms with Crippen LogP contribution >= 0.6 is 15.9 Å². The summed E-state index contributed by atoms with van der Waals surface area (Å²) < 4.78 is 11.2. The van der Waals surface area contributed by atoms with E-state index in [4.69, 9.17) is 9.47 Å². The van der Waals surface area contributed by atoms with Crippen LogP contribution in [0.5, 0.6) is 11.5 Å². The molecule has 0 saturated carbocycles. The Labute approximate surface area is 143 Å². The zero-order valence-electron chi connectivity index (χ0n) is 12.9. The van der Waals surface area contributed by atoms with Crippen LogP contribution in [0.4, 0.5) is 0 Å². The van der Waals surface area contributed by atoms with Crippen molar-refractivity contribution in [3.63, 3.8) is 0 Å². The van der Waals surface area contributed by atoms with Crippen molar-refractivity contribution in [2.45, 2.75) is 6.42 Å². The van der Waals surface area contributed by atoms with E-state index in [1.165, 1.54) is 0 Å². The smallest absolute Gasteiger partial charge is 0.244 e. The third-order valence-corrected chi connectivity index (χ3v) is 3.60. The molecule has 23 heavy (non-hydrogen) atoms. The van der Waals surface area contributed by atoms with E-state index in [-0.39, 0.29) is 12.3 Å². The lowest BCUT2D eigenvalue weighted by atomic mass is 10.1. The molecule has 0 bridgehead atoms. The summed E-state index contributed by atoms with van der Waals surface area (Å²) in [6.07, 6.45) is 1.80. The Morgan fingerprint density at radius 3 is 2.57 bits per heavy atom. The van der Waals surface area contributed by atoms with E-state index in [0.29, 0.717) is 5.75 Å². The molecule has 0 unspecified atom stereocenters. The molecule has 0 saturated heterocycles. The van der Waals surface area contributed by atoms with Crippen LogP contribution in [0.1, 0.15) is 11.1 Å². The predicted octanol–water partition coefficient (Wildman–Crippen LogP) is 3.16. The second kappa shape index (κ2) is 8.33. The van der Waals surface area contributed by atoms with E-state index in [2.05, 4.69) is 26.5 Å². The molecule has 2 rings (SSSR count). The van der Waals surface area contributed by atoms with Gasteiger partial charge in [0.05, 0.1) is 26.9 Å². The summed E-state index contributed by atoms with van der Waals surface area (Å²) >= 11 is 3.39. The molecule has 5 nitrogen and oxygen atoms in total. The van der Waals surface area contributed by atoms with E-state index in [9.17, 15) is 4.79 Å². The fraction of sp³-hybridized carbons (Fsp3) is 0.176. The summed E-state index contributed by atoms with van der Waals surface area (Å²) in [6, 6.07) is 12.9. The fourth-order valence-corrected chi connectivity index (χ4v) is 2.33. The number of nitrogens with zero attached hydrogens (tertiary/aromatic N) is 1. The van der Waals surface area contributed by atoms with E-state index < -0.39 is 0 Å². The molecule has 0 fully saturated rings. The highest BCUT2D eigenvalue weighted by Crippen LogP contribution is 2.21. The first-order valence-electron chi connectivity index (χ1n) is 6.90. The van der Waals surface area contributed by atoms with Crippen molar-refractivity contribution in [3.8, 4) is 11.5 Å². The van der Waals surface area contributed by atoms with Gasteiger partial charge in [-0.25, -0.2) is 5.43 Å². The normalized spacial score (nSPS) is 10.6. The molecule has 0 spiro atoms. The molecule has 6 heteroatoms. The maximum atomic E-state index is 11.9. The summed E-state index contributed by atoms with van der Waals surface area (Å²) in [5.41, 5.74) is 4.16. The summed E-state index contributed by atoms with van der Waals surface area (Å²) in [4.78, 5) is 11.9. The Kier molecular flexibility index (Phi) is 6.17. The van der Waals surface area contributed by atoms with Crippen LogP contribution < -0.4 is 14.9 Å². The number of nitrogens with one attached hydrogen (secondary N) is 1. The maximum absolute atomic E-state index is 11.9. The standard InChI is InChI=1S/C17H17BrN2O3/c1-22-15-6-3-12(4-7-15)9-17(21)20-19-11-13-10-14(18)5-8-16(13)23-2/h3-8,10-11H,9H2,1-2H3,(H,20,21)/b19-11-. The molecule has 2 aromatic carbocycles. The number of rotatable bonds is 6. The van der Waals surface area contributed by atoms with Crippen LogP contribution in [0.15, 0.2) is 52.0 Å². The number of benzene rings is 2. The van der Waals surface area contributed by atoms with E-state index in [1.54, 1.807) is 20.4 Å². The molecule has 0 aromatic heterocycles. The maximum Gasteiger partial charge on any atom is 0.244 e. The number of hydrogen-bond donors (Lipinski definition) is 1. The second-order valence-corrected chi connectivity index (χ2v) is 5.62. The summed E-state index contributed by atoms with van der Waals surface area (Å²) in [7, 11) is 3.19. The molecule has 0 heterocycles. The number of hydrogen-bond acceptors (Lipinski definition) is 4. The van der Waals surface area contributed by atoms with Gasteiger partial charge in [-0.1, -0.05) is 28.1 Å². The van der Waals surface area contributed by atoms with Gasteiger partial charge in [0.25, 0.3) is 0 Å². The highest BCUT2D eigenvalue weighted by Gasteiger charge is 2.04. The Morgan fingerprint density at radius 1 is 1.17 bits per heavy atom. The van der Waals surface area contributed by atoms with Crippen LogP contribution in [-0.2, 0) is 11.2 Å². The Hall–Kier alpha value is -2.34. The monoisotopic (exact) mass is 376 g/mol. The Morgan fingerprint density at radius 2 is 1.91 bits per heavy atom. The minimum Gasteiger partial charge on any atom is -0.497 e. The highest BCUT2D eigenvalue weighted by molar-refractivity contribution is 9.10. The number of amides is 1. The molecule has 0 radical (unpaired) electrons. The van der Waals surface area contributed by atoms with Crippen molar-refractivity contribution in [2.75, 3.05) is 14.2 Å². The van der Waals surface area contributed by atoms with Gasteiger partial charge >= 0.3 is 0 Å². The van der Waals surface area contributed by atoms with Crippen molar-refractivity contribution in [3.05, 3.63) is 58.1 Å². The van der Waals surface area contributed by atoms with Crippen molar-refractivity contribution >= 4 is 28.1 Å². The third kappa shape index (κ3) is 5.10. The van der Waals surface area contributed by atoms with E-state index in [0.717, 1.165) is 21.3 Å². The molecular weight excluding hydrogens is 360 g/mol. The van der Waals surface area contributed by atoms with Crippen molar-refractivity contribution in [2.24, 2.45) is 5.10 Å². The highest BCUT2D eigenvalue weighted by atomic mass is 79.9. The zero-order valence-corrected chi connectivity index (χ0v) is 14.5. The van der Waals surface area contributed by atoms with Gasteiger partial charge < -0.3 is 9.47 Å². The first-order valence-corrected chi connectivity index (χ1v) is 7.70. The van der Waals surface area contributed by atoms with Crippen LogP contribution in [0.25, 0.3) is 0 Å². The SMILES string of the molecule is COc1ccc(CC(=O)N/N=C\c2cc(Br)ccc2OC)cc1. The number of ether oxygens (including phenoxy) is 2. The van der Waals surface area contributed by atoms with Gasteiger partial charge in [-0.05, 0) is 35.9 Å². The summed E-state index contributed by atoms with van der Waals surface area (Å²) in [6.45, 7) is 0. The van der Waals surface area contributed by atoms with Gasteiger partial charge in [-0.3, -0.25) is 4.79 Å². The molecule has 0 aliphatic heterocycles. The average molecular weight is 377 g/mol. The average Bonchev–Trinajstić information content (AvgIpc) is 2.56. The molecule has 1 amide bonds. The number of carbonyl (C=O) groups excluding carboxylic acids is 1. The minimum absolute atomic E-state index is 0.194. The van der Waals surface area contributed by atoms with Crippen LogP contribution in [0.2, 0.25) is 0 Å². The van der Waals surface area contributed by atoms with Gasteiger partial charge in [0, 0.05) is 10.0 Å².